The van der Waals surface area contributed by atoms with Crippen LogP contribution in [0.25, 0.3) is 0 Å². The number of phenols is 1. The number of anilines is 1. The number of rotatable bonds is 5. The number of benzene rings is 1. The molecule has 0 bridgehead atoms. The molecule has 2 rings (SSSR count). The number of pyridine rings is 1. The fraction of sp³-hybridized carbons (Fsp3) is 0.143. The number of hydrogen-bond donors (Lipinski definition) is 2. The lowest BCUT2D eigenvalue weighted by Gasteiger charge is -2.08. The third-order valence-electron chi connectivity index (χ3n) is 2.41. The highest BCUT2D eigenvalue weighted by atomic mass is 79.9. The van der Waals surface area contributed by atoms with Gasteiger partial charge in [-0.15, -0.1) is 0 Å². The molecule has 0 saturated carbocycles. The van der Waals surface area contributed by atoms with Crippen LogP contribution in [0.5, 0.6) is 11.5 Å². The van der Waals surface area contributed by atoms with Gasteiger partial charge in [-0.1, -0.05) is 6.07 Å². The van der Waals surface area contributed by atoms with E-state index < -0.39 is 0 Å². The van der Waals surface area contributed by atoms with Gasteiger partial charge in [-0.3, -0.25) is 5.43 Å². The zero-order valence-corrected chi connectivity index (χ0v) is 12.5. The molecule has 0 aliphatic rings. The van der Waals surface area contributed by atoms with E-state index in [9.17, 15) is 5.11 Å². The summed E-state index contributed by atoms with van der Waals surface area (Å²) in [4.78, 5) is 4.09. The largest absolute Gasteiger partial charge is 0.503 e. The predicted octanol–water partition coefficient (Wildman–Crippen LogP) is 3.39. The van der Waals surface area contributed by atoms with Crippen LogP contribution in [-0.2, 0) is 0 Å². The van der Waals surface area contributed by atoms with Crippen LogP contribution >= 0.6 is 15.9 Å². The molecule has 2 N–H and O–H groups in total. The molecule has 1 heterocycles. The topological polar surface area (TPSA) is 66.7 Å². The van der Waals surface area contributed by atoms with E-state index in [1.54, 1.807) is 24.5 Å². The average molecular weight is 336 g/mol. The van der Waals surface area contributed by atoms with Gasteiger partial charge in [0, 0.05) is 6.20 Å². The zero-order valence-electron chi connectivity index (χ0n) is 10.9. The normalized spacial score (nSPS) is 10.7. The minimum atomic E-state index is 0.0849. The van der Waals surface area contributed by atoms with Crippen LogP contribution in [0, 0.1) is 0 Å². The molecule has 5 nitrogen and oxygen atoms in total. The van der Waals surface area contributed by atoms with Gasteiger partial charge in [-0.25, -0.2) is 4.98 Å². The van der Waals surface area contributed by atoms with Crippen molar-refractivity contribution in [1.29, 1.82) is 0 Å². The quantitative estimate of drug-likeness (QED) is 0.649. The standard InChI is InChI=1S/C14H14BrN3O2/c1-2-20-12-8-10(7-11(15)14(12)19)9-17-18-13-5-3-4-6-16-13/h3-9,19H,2H2,1H3,(H,16,18). The molecule has 1 aromatic carbocycles. The Morgan fingerprint density at radius 1 is 1.45 bits per heavy atom. The third-order valence-corrected chi connectivity index (χ3v) is 3.01. The number of nitrogens with one attached hydrogen (secondary N) is 1. The zero-order chi connectivity index (χ0) is 14.4. The lowest BCUT2D eigenvalue weighted by atomic mass is 10.2. The maximum Gasteiger partial charge on any atom is 0.172 e. The van der Waals surface area contributed by atoms with Crippen molar-refractivity contribution in [3.63, 3.8) is 0 Å². The van der Waals surface area contributed by atoms with E-state index in [4.69, 9.17) is 4.74 Å². The molecule has 1 aromatic heterocycles. The third kappa shape index (κ3) is 3.71. The van der Waals surface area contributed by atoms with Crippen LogP contribution in [-0.4, -0.2) is 22.9 Å². The summed E-state index contributed by atoms with van der Waals surface area (Å²) in [7, 11) is 0. The van der Waals surface area contributed by atoms with E-state index in [1.807, 2.05) is 25.1 Å². The summed E-state index contributed by atoms with van der Waals surface area (Å²) >= 11 is 3.28. The van der Waals surface area contributed by atoms with Crippen molar-refractivity contribution in [2.24, 2.45) is 5.10 Å². The first-order valence-corrected chi connectivity index (χ1v) is 6.85. The van der Waals surface area contributed by atoms with Crippen molar-refractivity contribution in [2.45, 2.75) is 6.92 Å². The second-order valence-corrected chi connectivity index (χ2v) is 4.72. The van der Waals surface area contributed by atoms with Crippen molar-refractivity contribution >= 4 is 28.0 Å². The van der Waals surface area contributed by atoms with E-state index in [0.717, 1.165) is 5.56 Å². The monoisotopic (exact) mass is 335 g/mol. The molecule has 0 radical (unpaired) electrons. The number of halogens is 1. The Balaban J connectivity index is 2.13. The highest BCUT2D eigenvalue weighted by Crippen LogP contribution is 2.35. The summed E-state index contributed by atoms with van der Waals surface area (Å²) in [6.45, 7) is 2.34. The van der Waals surface area contributed by atoms with Crippen LogP contribution in [0.15, 0.2) is 46.1 Å². The molecule has 0 fully saturated rings. The Bertz CT molecular complexity index is 603. The Morgan fingerprint density at radius 3 is 3.00 bits per heavy atom. The number of aromatic nitrogens is 1. The summed E-state index contributed by atoms with van der Waals surface area (Å²) in [5.41, 5.74) is 3.61. The molecule has 104 valence electrons. The van der Waals surface area contributed by atoms with Gasteiger partial charge in [0.2, 0.25) is 0 Å². The van der Waals surface area contributed by atoms with Gasteiger partial charge in [0.15, 0.2) is 11.5 Å². The van der Waals surface area contributed by atoms with Gasteiger partial charge in [-0.2, -0.15) is 5.10 Å². The molecule has 0 spiro atoms. The molecule has 0 atom stereocenters. The van der Waals surface area contributed by atoms with Crippen molar-refractivity contribution < 1.29 is 9.84 Å². The highest BCUT2D eigenvalue weighted by molar-refractivity contribution is 9.10. The predicted molar refractivity (Wildman–Crippen MR) is 82.4 cm³/mol. The van der Waals surface area contributed by atoms with Gasteiger partial charge in [0.1, 0.15) is 5.82 Å². The van der Waals surface area contributed by atoms with E-state index in [2.05, 4.69) is 31.4 Å². The fourth-order valence-electron chi connectivity index (χ4n) is 1.54. The van der Waals surface area contributed by atoms with E-state index in [0.29, 0.717) is 22.6 Å². The van der Waals surface area contributed by atoms with Crippen LogP contribution in [0.2, 0.25) is 0 Å². The summed E-state index contributed by atoms with van der Waals surface area (Å²) in [5.74, 6) is 1.16. The summed E-state index contributed by atoms with van der Waals surface area (Å²) in [6, 6.07) is 8.99. The van der Waals surface area contributed by atoms with Crippen molar-refractivity contribution in [2.75, 3.05) is 12.0 Å². The summed E-state index contributed by atoms with van der Waals surface area (Å²) < 4.78 is 5.91. The smallest absolute Gasteiger partial charge is 0.172 e. The first-order valence-electron chi connectivity index (χ1n) is 6.06. The van der Waals surface area contributed by atoms with Crippen molar-refractivity contribution in [3.05, 3.63) is 46.6 Å². The summed E-state index contributed by atoms with van der Waals surface area (Å²) in [6.07, 6.45) is 3.31. The highest BCUT2D eigenvalue weighted by Gasteiger charge is 2.08. The fourth-order valence-corrected chi connectivity index (χ4v) is 2.00. The minimum Gasteiger partial charge on any atom is -0.503 e. The molecule has 0 amide bonds. The van der Waals surface area contributed by atoms with E-state index in [-0.39, 0.29) is 5.75 Å². The number of ether oxygens (including phenoxy) is 1. The van der Waals surface area contributed by atoms with Crippen molar-refractivity contribution in [3.8, 4) is 11.5 Å². The van der Waals surface area contributed by atoms with E-state index >= 15 is 0 Å². The molecular formula is C14H14BrN3O2. The SMILES string of the molecule is CCOc1cc(C=NNc2ccccn2)cc(Br)c1O. The molecule has 6 heteroatoms. The van der Waals surface area contributed by atoms with Crippen molar-refractivity contribution in [1.82, 2.24) is 4.98 Å². The van der Waals surface area contributed by atoms with E-state index in [1.165, 1.54) is 0 Å². The van der Waals surface area contributed by atoms with Crippen LogP contribution in [0.3, 0.4) is 0 Å². The number of phenolic OH excluding ortho intramolecular Hbond substituents is 1. The van der Waals surface area contributed by atoms with Gasteiger partial charge in [0.25, 0.3) is 0 Å². The molecule has 20 heavy (non-hydrogen) atoms. The number of nitrogens with zero attached hydrogens (tertiary/aromatic N) is 2. The van der Waals surface area contributed by atoms with Gasteiger partial charge in [-0.05, 0) is 52.7 Å². The molecule has 2 aromatic rings. The van der Waals surface area contributed by atoms with Gasteiger partial charge < -0.3 is 9.84 Å². The lowest BCUT2D eigenvalue weighted by Crippen LogP contribution is -1.95. The maximum atomic E-state index is 9.81. The number of aromatic hydroxyl groups is 1. The van der Waals surface area contributed by atoms with Gasteiger partial charge in [0.05, 0.1) is 17.3 Å². The van der Waals surface area contributed by atoms with Crippen LogP contribution in [0.1, 0.15) is 12.5 Å². The first-order chi connectivity index (χ1) is 9.70. The Morgan fingerprint density at radius 2 is 2.30 bits per heavy atom. The Kier molecular flexibility index (Phi) is 4.95. The second kappa shape index (κ2) is 6.91. The maximum absolute atomic E-state index is 9.81. The second-order valence-electron chi connectivity index (χ2n) is 3.87. The Labute approximate surface area is 125 Å². The van der Waals surface area contributed by atoms with Crippen LogP contribution in [0.4, 0.5) is 5.82 Å². The lowest BCUT2D eigenvalue weighted by molar-refractivity contribution is 0.317. The molecule has 0 aliphatic carbocycles. The first kappa shape index (κ1) is 14.3. The van der Waals surface area contributed by atoms with Crippen LogP contribution < -0.4 is 10.2 Å². The minimum absolute atomic E-state index is 0.0849. The molecule has 0 aliphatic heterocycles. The summed E-state index contributed by atoms with van der Waals surface area (Å²) in [5, 5.41) is 13.9. The Hall–Kier alpha value is -2.08. The average Bonchev–Trinajstić information content (AvgIpc) is 2.45. The number of hydrazone groups is 1. The molecular weight excluding hydrogens is 322 g/mol. The van der Waals surface area contributed by atoms with Gasteiger partial charge >= 0.3 is 0 Å². The number of hydrogen-bond acceptors (Lipinski definition) is 5. The molecule has 0 unspecified atom stereocenters. The molecule has 0 saturated heterocycles.